The van der Waals surface area contributed by atoms with Gasteiger partial charge in [0, 0.05) is 18.5 Å². The lowest BCUT2D eigenvalue weighted by Crippen LogP contribution is -2.34. The van der Waals surface area contributed by atoms with Gasteiger partial charge >= 0.3 is 0 Å². The zero-order chi connectivity index (χ0) is 16.9. The van der Waals surface area contributed by atoms with E-state index in [1.54, 1.807) is 0 Å². The van der Waals surface area contributed by atoms with Crippen LogP contribution in [0.15, 0.2) is 30.5 Å². The SMILES string of the molecule is CCCB(O)CCC1CCN(c2cnc3cc(C)ccc3c2)CC1. The van der Waals surface area contributed by atoms with Crippen LogP contribution in [0.25, 0.3) is 10.9 Å². The Kier molecular flexibility index (Phi) is 5.78. The quantitative estimate of drug-likeness (QED) is 0.792. The summed E-state index contributed by atoms with van der Waals surface area (Å²) >= 11 is 0. The monoisotopic (exact) mass is 324 g/mol. The van der Waals surface area contributed by atoms with E-state index in [1.165, 1.54) is 35.9 Å². The molecule has 4 heteroatoms. The van der Waals surface area contributed by atoms with Crippen LogP contribution in [-0.4, -0.2) is 30.0 Å². The maximum absolute atomic E-state index is 9.91. The van der Waals surface area contributed by atoms with Crippen molar-refractivity contribution in [3.8, 4) is 0 Å². The van der Waals surface area contributed by atoms with E-state index in [0.717, 1.165) is 43.6 Å². The maximum atomic E-state index is 9.91. The van der Waals surface area contributed by atoms with Gasteiger partial charge in [0.1, 0.15) is 0 Å². The number of nitrogens with zero attached hydrogens (tertiary/aromatic N) is 2. The topological polar surface area (TPSA) is 36.4 Å². The first-order valence-corrected chi connectivity index (χ1v) is 9.45. The Labute approximate surface area is 146 Å². The highest BCUT2D eigenvalue weighted by Gasteiger charge is 2.21. The molecule has 0 unspecified atom stereocenters. The summed E-state index contributed by atoms with van der Waals surface area (Å²) in [6.07, 6.45) is 8.64. The molecule has 3 nitrogen and oxygen atoms in total. The molecule has 1 N–H and O–H groups in total. The molecule has 2 heterocycles. The summed E-state index contributed by atoms with van der Waals surface area (Å²) in [6.45, 7) is 6.36. The Bertz CT molecular complexity index is 668. The minimum atomic E-state index is -0.0961. The first-order chi connectivity index (χ1) is 11.7. The number of benzene rings is 1. The second-order valence-corrected chi connectivity index (χ2v) is 7.34. The third-order valence-electron chi connectivity index (χ3n) is 5.33. The predicted molar refractivity (Wildman–Crippen MR) is 104 cm³/mol. The van der Waals surface area contributed by atoms with Crippen LogP contribution < -0.4 is 4.90 Å². The van der Waals surface area contributed by atoms with E-state index in [0.29, 0.717) is 0 Å². The van der Waals surface area contributed by atoms with Gasteiger partial charge in [-0.2, -0.15) is 0 Å². The second kappa shape index (κ2) is 8.02. The van der Waals surface area contributed by atoms with Crippen LogP contribution in [0.5, 0.6) is 0 Å². The van der Waals surface area contributed by atoms with Crippen LogP contribution >= 0.6 is 0 Å². The predicted octanol–water partition coefficient (Wildman–Crippen LogP) is 4.54. The number of anilines is 1. The summed E-state index contributed by atoms with van der Waals surface area (Å²) in [5, 5.41) is 11.1. The van der Waals surface area contributed by atoms with Gasteiger partial charge in [0.05, 0.1) is 17.4 Å². The average Bonchev–Trinajstić information content (AvgIpc) is 2.60. The molecule has 1 saturated heterocycles. The molecule has 0 spiro atoms. The number of piperidine rings is 1. The van der Waals surface area contributed by atoms with Gasteiger partial charge in [-0.25, -0.2) is 0 Å². The van der Waals surface area contributed by atoms with Crippen molar-refractivity contribution in [2.75, 3.05) is 18.0 Å². The van der Waals surface area contributed by atoms with Crippen molar-refractivity contribution in [3.05, 3.63) is 36.0 Å². The number of aryl methyl sites for hydroxylation is 1. The summed E-state index contributed by atoms with van der Waals surface area (Å²) in [6, 6.07) is 8.74. The van der Waals surface area contributed by atoms with Crippen molar-refractivity contribution in [2.45, 2.75) is 52.2 Å². The van der Waals surface area contributed by atoms with E-state index in [4.69, 9.17) is 0 Å². The third kappa shape index (κ3) is 4.30. The second-order valence-electron chi connectivity index (χ2n) is 7.34. The molecular formula is C20H29BN2O. The van der Waals surface area contributed by atoms with Crippen molar-refractivity contribution < 1.29 is 5.02 Å². The molecule has 0 saturated carbocycles. The van der Waals surface area contributed by atoms with Gasteiger partial charge in [0.25, 0.3) is 6.92 Å². The number of hydrogen-bond donors (Lipinski definition) is 1. The summed E-state index contributed by atoms with van der Waals surface area (Å²) in [5.74, 6) is 0.767. The lowest BCUT2D eigenvalue weighted by molar-refractivity contribution is 0.389. The van der Waals surface area contributed by atoms with Crippen molar-refractivity contribution in [3.63, 3.8) is 0 Å². The number of hydrogen-bond acceptors (Lipinski definition) is 3. The molecule has 1 aromatic heterocycles. The normalized spacial score (nSPS) is 15.9. The Balaban J connectivity index is 1.55. The van der Waals surface area contributed by atoms with E-state index in [9.17, 15) is 5.02 Å². The highest BCUT2D eigenvalue weighted by molar-refractivity contribution is 6.50. The van der Waals surface area contributed by atoms with Crippen LogP contribution in [0.1, 0.15) is 38.2 Å². The summed E-state index contributed by atoms with van der Waals surface area (Å²) < 4.78 is 0. The van der Waals surface area contributed by atoms with Crippen LogP contribution in [0.2, 0.25) is 12.6 Å². The molecule has 0 amide bonds. The lowest BCUT2D eigenvalue weighted by Gasteiger charge is -2.33. The Hall–Kier alpha value is -1.55. The fraction of sp³-hybridized carbons (Fsp3) is 0.550. The fourth-order valence-corrected chi connectivity index (χ4v) is 3.78. The lowest BCUT2D eigenvalue weighted by atomic mass is 9.59. The van der Waals surface area contributed by atoms with Gasteiger partial charge in [0.15, 0.2) is 0 Å². The van der Waals surface area contributed by atoms with Gasteiger partial charge in [-0.1, -0.05) is 31.9 Å². The van der Waals surface area contributed by atoms with Gasteiger partial charge < -0.3 is 9.92 Å². The van der Waals surface area contributed by atoms with Gasteiger partial charge in [-0.15, -0.1) is 0 Å². The number of pyridine rings is 1. The molecule has 1 aliphatic rings. The molecular weight excluding hydrogens is 295 g/mol. The first kappa shape index (κ1) is 17.3. The van der Waals surface area contributed by atoms with E-state index >= 15 is 0 Å². The molecule has 1 aromatic carbocycles. The van der Waals surface area contributed by atoms with Gasteiger partial charge in [-0.05, 0) is 56.0 Å². The van der Waals surface area contributed by atoms with Crippen LogP contribution in [0, 0.1) is 12.8 Å². The Morgan fingerprint density at radius 3 is 2.75 bits per heavy atom. The summed E-state index contributed by atoms with van der Waals surface area (Å²) in [4.78, 5) is 7.11. The molecule has 1 fully saturated rings. The van der Waals surface area contributed by atoms with E-state index < -0.39 is 0 Å². The summed E-state index contributed by atoms with van der Waals surface area (Å²) in [5.41, 5.74) is 3.59. The number of rotatable bonds is 6. The molecule has 1 aliphatic heterocycles. The largest absolute Gasteiger partial charge is 0.450 e. The zero-order valence-electron chi connectivity index (χ0n) is 15.0. The van der Waals surface area contributed by atoms with Crippen LogP contribution in [0.4, 0.5) is 5.69 Å². The minimum absolute atomic E-state index is 0.0961. The summed E-state index contributed by atoms with van der Waals surface area (Å²) in [7, 11) is 0. The molecule has 128 valence electrons. The van der Waals surface area contributed by atoms with Gasteiger partial charge in [-0.3, -0.25) is 4.98 Å². The van der Waals surface area contributed by atoms with Crippen molar-refractivity contribution in [1.82, 2.24) is 4.98 Å². The molecule has 0 atom stereocenters. The fourth-order valence-electron chi connectivity index (χ4n) is 3.78. The minimum Gasteiger partial charge on any atom is -0.450 e. The highest BCUT2D eigenvalue weighted by atomic mass is 16.2. The van der Waals surface area contributed by atoms with Crippen molar-refractivity contribution >= 4 is 23.5 Å². The first-order valence-electron chi connectivity index (χ1n) is 9.45. The van der Waals surface area contributed by atoms with Crippen LogP contribution in [-0.2, 0) is 0 Å². The molecule has 3 rings (SSSR count). The van der Waals surface area contributed by atoms with E-state index in [-0.39, 0.29) is 6.92 Å². The molecule has 0 bridgehead atoms. The zero-order valence-corrected chi connectivity index (χ0v) is 15.0. The number of aromatic nitrogens is 1. The Morgan fingerprint density at radius 2 is 2.00 bits per heavy atom. The molecule has 2 aromatic rings. The standard InChI is InChI=1S/C20H29BN2O/c1-3-9-21(24)10-6-17-7-11-23(12-8-17)19-14-18-5-4-16(2)13-20(18)22-15-19/h4-5,13-15,17,24H,3,6-12H2,1-2H3. The van der Waals surface area contributed by atoms with Gasteiger partial charge in [0.2, 0.25) is 0 Å². The van der Waals surface area contributed by atoms with Crippen molar-refractivity contribution in [2.24, 2.45) is 5.92 Å². The molecule has 0 radical (unpaired) electrons. The Morgan fingerprint density at radius 1 is 1.21 bits per heavy atom. The maximum Gasteiger partial charge on any atom is 0.288 e. The average molecular weight is 324 g/mol. The van der Waals surface area contributed by atoms with E-state index in [2.05, 4.69) is 48.0 Å². The smallest absolute Gasteiger partial charge is 0.288 e. The molecule has 0 aliphatic carbocycles. The molecule has 24 heavy (non-hydrogen) atoms. The van der Waals surface area contributed by atoms with Crippen molar-refractivity contribution in [1.29, 1.82) is 0 Å². The van der Waals surface area contributed by atoms with E-state index in [1.807, 2.05) is 6.20 Å². The highest BCUT2D eigenvalue weighted by Crippen LogP contribution is 2.28. The third-order valence-corrected chi connectivity index (χ3v) is 5.33. The van der Waals surface area contributed by atoms with Crippen LogP contribution in [0.3, 0.4) is 0 Å². The number of fused-ring (bicyclic) bond motifs is 1.